The molecule has 6 rings (SSSR count). The molecule has 0 unspecified atom stereocenters. The van der Waals surface area contributed by atoms with Crippen molar-refractivity contribution in [3.8, 4) is 0 Å². The van der Waals surface area contributed by atoms with Gasteiger partial charge < -0.3 is 20.0 Å². The number of carbonyl (C=O) groups is 2. The van der Waals surface area contributed by atoms with Gasteiger partial charge in [-0.25, -0.2) is 28.1 Å². The van der Waals surface area contributed by atoms with Crippen LogP contribution in [0.25, 0.3) is 11.2 Å². The second kappa shape index (κ2) is 10.9. The van der Waals surface area contributed by atoms with Gasteiger partial charge >= 0.3 is 17.8 Å². The molecule has 0 saturated carbocycles. The van der Waals surface area contributed by atoms with Crippen LogP contribution in [0.5, 0.6) is 0 Å². The SMILES string of the molecule is O=C(N[C@@H]1CC[C@@H](c2cccc(F)c2F)CN(C(=O)N2CCC2)C1)N1CCC(n2c(=O)[nH]c3ncccc32)CC1. The lowest BCUT2D eigenvalue weighted by molar-refractivity contribution is 0.122. The Morgan fingerprint density at radius 1 is 0.925 bits per heavy atom. The summed E-state index contributed by atoms with van der Waals surface area (Å²) in [5, 5.41) is 3.10. The fourth-order valence-electron chi connectivity index (χ4n) is 6.18. The largest absolute Gasteiger partial charge is 0.333 e. The third-order valence-corrected chi connectivity index (χ3v) is 8.50. The van der Waals surface area contributed by atoms with Crippen molar-refractivity contribution in [2.45, 2.75) is 50.1 Å². The molecule has 3 aromatic rings. The lowest BCUT2D eigenvalue weighted by atomic mass is 9.93. The minimum atomic E-state index is -0.901. The van der Waals surface area contributed by atoms with Gasteiger partial charge in [-0.1, -0.05) is 12.1 Å². The molecular formula is C28H33F2N7O3. The summed E-state index contributed by atoms with van der Waals surface area (Å²) in [7, 11) is 0. The average Bonchev–Trinajstić information content (AvgIpc) is 3.11. The van der Waals surface area contributed by atoms with E-state index in [2.05, 4.69) is 15.3 Å². The molecule has 10 nitrogen and oxygen atoms in total. The molecule has 0 bridgehead atoms. The molecule has 0 spiro atoms. The van der Waals surface area contributed by atoms with Crippen LogP contribution in [0, 0.1) is 11.6 Å². The summed E-state index contributed by atoms with van der Waals surface area (Å²) in [5.74, 6) is -2.15. The number of aromatic nitrogens is 3. The predicted molar refractivity (Wildman–Crippen MR) is 144 cm³/mol. The van der Waals surface area contributed by atoms with Crippen molar-refractivity contribution < 1.29 is 18.4 Å². The first-order chi connectivity index (χ1) is 19.4. The Labute approximate surface area is 229 Å². The number of fused-ring (bicyclic) bond motifs is 1. The van der Waals surface area contributed by atoms with Crippen molar-refractivity contribution in [1.29, 1.82) is 0 Å². The number of nitrogens with zero attached hydrogens (tertiary/aromatic N) is 5. The molecule has 3 aliphatic rings. The summed E-state index contributed by atoms with van der Waals surface area (Å²) in [6.45, 7) is 2.89. The number of aromatic amines is 1. The minimum absolute atomic E-state index is 0.0426. The van der Waals surface area contributed by atoms with Crippen molar-refractivity contribution >= 4 is 23.2 Å². The van der Waals surface area contributed by atoms with E-state index < -0.39 is 11.6 Å². The van der Waals surface area contributed by atoms with Crippen molar-refractivity contribution in [3.63, 3.8) is 0 Å². The molecule has 12 heteroatoms. The van der Waals surface area contributed by atoms with Gasteiger partial charge in [-0.15, -0.1) is 0 Å². The van der Waals surface area contributed by atoms with Gasteiger partial charge in [0.05, 0.1) is 5.52 Å². The van der Waals surface area contributed by atoms with E-state index in [1.807, 2.05) is 6.07 Å². The molecule has 3 aliphatic heterocycles. The lowest BCUT2D eigenvalue weighted by Gasteiger charge is -2.38. The third kappa shape index (κ3) is 5.02. The van der Waals surface area contributed by atoms with Crippen molar-refractivity contribution in [1.82, 2.24) is 34.6 Å². The highest BCUT2D eigenvalue weighted by atomic mass is 19.2. The van der Waals surface area contributed by atoms with Gasteiger partial charge in [0, 0.05) is 63.5 Å². The van der Waals surface area contributed by atoms with E-state index in [1.165, 1.54) is 6.07 Å². The third-order valence-electron chi connectivity index (χ3n) is 8.50. The Bertz CT molecular complexity index is 1460. The summed E-state index contributed by atoms with van der Waals surface area (Å²) in [6, 6.07) is 7.11. The Morgan fingerprint density at radius 3 is 2.48 bits per heavy atom. The van der Waals surface area contributed by atoms with E-state index in [0.29, 0.717) is 64.1 Å². The molecule has 5 heterocycles. The van der Waals surface area contributed by atoms with Crippen LogP contribution in [0.3, 0.4) is 0 Å². The Morgan fingerprint density at radius 2 is 1.73 bits per heavy atom. The number of carbonyl (C=O) groups excluding carboxylic acids is 2. The second-order valence-electron chi connectivity index (χ2n) is 11.0. The zero-order valence-electron chi connectivity index (χ0n) is 22.2. The van der Waals surface area contributed by atoms with E-state index in [4.69, 9.17) is 0 Å². The average molecular weight is 554 g/mol. The minimum Gasteiger partial charge on any atom is -0.333 e. The van der Waals surface area contributed by atoms with Crippen LogP contribution in [0.1, 0.15) is 49.6 Å². The number of benzene rings is 1. The fraction of sp³-hybridized carbons (Fsp3) is 0.500. The predicted octanol–water partition coefficient (Wildman–Crippen LogP) is 3.42. The Hall–Kier alpha value is -3.96. The van der Waals surface area contributed by atoms with Gasteiger partial charge in [-0.3, -0.25) is 9.55 Å². The van der Waals surface area contributed by atoms with Crippen LogP contribution < -0.4 is 11.0 Å². The number of likely N-dealkylation sites (tertiary alicyclic amines) is 3. The normalized spacial score (nSPS) is 22.2. The van der Waals surface area contributed by atoms with E-state index in [-0.39, 0.29) is 47.9 Å². The molecule has 0 aliphatic carbocycles. The Balaban J connectivity index is 1.12. The van der Waals surface area contributed by atoms with Crippen molar-refractivity contribution in [2.24, 2.45) is 0 Å². The number of rotatable bonds is 3. The van der Waals surface area contributed by atoms with Crippen LogP contribution >= 0.6 is 0 Å². The number of hydrogen-bond acceptors (Lipinski definition) is 4. The molecule has 0 radical (unpaired) electrons. The lowest BCUT2D eigenvalue weighted by Crippen LogP contribution is -2.55. The number of H-pyrrole nitrogens is 1. The van der Waals surface area contributed by atoms with Crippen LogP contribution in [-0.4, -0.2) is 86.6 Å². The van der Waals surface area contributed by atoms with Crippen LogP contribution in [-0.2, 0) is 0 Å². The van der Waals surface area contributed by atoms with E-state index in [9.17, 15) is 23.2 Å². The van der Waals surface area contributed by atoms with Gasteiger partial charge in [0.2, 0.25) is 0 Å². The number of urea groups is 2. The topological polar surface area (TPSA) is 107 Å². The van der Waals surface area contributed by atoms with Crippen molar-refractivity contribution in [3.05, 3.63) is 64.2 Å². The maximum Gasteiger partial charge on any atom is 0.327 e. The van der Waals surface area contributed by atoms with E-state index >= 15 is 0 Å². The smallest absolute Gasteiger partial charge is 0.327 e. The second-order valence-corrected chi connectivity index (χ2v) is 11.0. The highest BCUT2D eigenvalue weighted by molar-refractivity contribution is 5.77. The number of hydrogen-bond donors (Lipinski definition) is 2. The number of halogens is 2. The highest BCUT2D eigenvalue weighted by Crippen LogP contribution is 2.31. The molecule has 2 N–H and O–H groups in total. The summed E-state index contributed by atoms with van der Waals surface area (Å²) >= 11 is 0. The molecule has 3 saturated heterocycles. The maximum absolute atomic E-state index is 14.7. The first-order valence-corrected chi connectivity index (χ1v) is 14.0. The maximum atomic E-state index is 14.7. The molecule has 2 atom stereocenters. The number of nitrogens with one attached hydrogen (secondary N) is 2. The molecule has 40 heavy (non-hydrogen) atoms. The molecule has 3 fully saturated rings. The van der Waals surface area contributed by atoms with Crippen molar-refractivity contribution in [2.75, 3.05) is 39.3 Å². The quantitative estimate of drug-likeness (QED) is 0.518. The van der Waals surface area contributed by atoms with Gasteiger partial charge in [-0.2, -0.15) is 0 Å². The van der Waals surface area contributed by atoms with Crippen LogP contribution in [0.15, 0.2) is 41.3 Å². The number of pyridine rings is 1. The number of piperidine rings is 1. The van der Waals surface area contributed by atoms with E-state index in [0.717, 1.165) is 18.0 Å². The first-order valence-electron chi connectivity index (χ1n) is 14.0. The molecule has 2 aromatic heterocycles. The summed E-state index contributed by atoms with van der Waals surface area (Å²) in [4.78, 5) is 51.2. The Kier molecular flexibility index (Phi) is 7.16. The van der Waals surface area contributed by atoms with Crippen LogP contribution in [0.4, 0.5) is 18.4 Å². The van der Waals surface area contributed by atoms with Crippen LogP contribution in [0.2, 0.25) is 0 Å². The monoisotopic (exact) mass is 553 g/mol. The number of imidazole rings is 1. The zero-order chi connectivity index (χ0) is 27.8. The standard InChI is InChI=1S/C28H33F2N7O3/c29-22-5-1-4-21(24(22)30)18-7-8-19(17-36(16-18)28(40)35-12-3-13-35)32-26(38)34-14-9-20(10-15-34)37-23-6-2-11-31-25(23)33-27(37)39/h1-2,4-6,11,18-20H,3,7-10,12-17H2,(H,32,38)(H,31,33,39)/t18-,19-/m1/s1. The number of amides is 4. The molecule has 1 aromatic carbocycles. The highest BCUT2D eigenvalue weighted by Gasteiger charge is 2.35. The van der Waals surface area contributed by atoms with Gasteiger partial charge in [0.25, 0.3) is 0 Å². The fourth-order valence-corrected chi connectivity index (χ4v) is 6.18. The molecule has 4 amide bonds. The van der Waals surface area contributed by atoms with Gasteiger partial charge in [-0.05, 0) is 55.9 Å². The zero-order valence-corrected chi connectivity index (χ0v) is 22.2. The molecular weight excluding hydrogens is 520 g/mol. The van der Waals surface area contributed by atoms with Gasteiger partial charge in [0.15, 0.2) is 17.3 Å². The van der Waals surface area contributed by atoms with Gasteiger partial charge in [0.1, 0.15) is 0 Å². The van der Waals surface area contributed by atoms with E-state index in [1.54, 1.807) is 37.6 Å². The summed E-state index contributed by atoms with van der Waals surface area (Å²) < 4.78 is 30.4. The first kappa shape index (κ1) is 26.3. The summed E-state index contributed by atoms with van der Waals surface area (Å²) in [6.07, 6.45) is 4.87. The summed E-state index contributed by atoms with van der Waals surface area (Å²) in [5.41, 5.74) is 1.37. The molecule has 212 valence electrons.